The van der Waals surface area contributed by atoms with Crippen LogP contribution in [0, 0.1) is 0 Å². The second-order valence-electron chi connectivity index (χ2n) is 13.6. The standard InChI is InChI=1S/C50H35NO/c1-2-13-36(14-3-1)42-20-10-16-37-17-11-21-46(50(37)42)43-18-6-8-22-47(43)51(41-30-26-34-12-4-5-15-38(34)32-41)40-28-24-35(25-29-40)39-27-31-45-44-19-7-9-23-48(44)52-49(45)33-39/h1-21,23-33,47H,22H2. The van der Waals surface area contributed by atoms with Crippen molar-refractivity contribution in [3.8, 4) is 22.3 Å². The molecule has 0 radical (unpaired) electrons. The Balaban J connectivity index is 1.11. The Morgan fingerprint density at radius 2 is 1.15 bits per heavy atom. The van der Waals surface area contributed by atoms with E-state index in [1.165, 1.54) is 49.5 Å². The van der Waals surface area contributed by atoms with Gasteiger partial charge in [0.2, 0.25) is 0 Å². The monoisotopic (exact) mass is 665 g/mol. The van der Waals surface area contributed by atoms with Gasteiger partial charge in [-0.2, -0.15) is 0 Å². The highest BCUT2D eigenvalue weighted by molar-refractivity contribution is 6.07. The predicted molar refractivity (Wildman–Crippen MR) is 220 cm³/mol. The topological polar surface area (TPSA) is 16.4 Å². The normalized spacial score (nSPS) is 14.3. The third-order valence-electron chi connectivity index (χ3n) is 10.6. The van der Waals surface area contributed by atoms with E-state index in [2.05, 4.69) is 187 Å². The number of hydrogen-bond acceptors (Lipinski definition) is 2. The van der Waals surface area contributed by atoms with Crippen molar-refractivity contribution in [1.29, 1.82) is 0 Å². The number of anilines is 2. The second kappa shape index (κ2) is 12.6. The fraction of sp³-hybridized carbons (Fsp3) is 0.0400. The first-order chi connectivity index (χ1) is 25.8. The molecule has 8 aromatic carbocycles. The van der Waals surface area contributed by atoms with E-state index in [0.29, 0.717) is 0 Å². The number of nitrogens with zero attached hydrogens (tertiary/aromatic N) is 1. The van der Waals surface area contributed by atoms with Gasteiger partial charge in [-0.25, -0.2) is 0 Å². The molecule has 0 N–H and O–H groups in total. The molecule has 1 aromatic heterocycles. The fourth-order valence-electron chi connectivity index (χ4n) is 8.13. The van der Waals surface area contributed by atoms with Gasteiger partial charge in [0.1, 0.15) is 11.2 Å². The molecule has 1 atom stereocenters. The molecule has 1 aliphatic rings. The summed E-state index contributed by atoms with van der Waals surface area (Å²) >= 11 is 0. The molecule has 0 fully saturated rings. The minimum absolute atomic E-state index is 0.0679. The van der Waals surface area contributed by atoms with E-state index in [4.69, 9.17) is 4.42 Å². The Morgan fingerprint density at radius 3 is 2.02 bits per heavy atom. The van der Waals surface area contributed by atoms with Crippen molar-refractivity contribution in [2.45, 2.75) is 12.5 Å². The van der Waals surface area contributed by atoms with Crippen LogP contribution in [0.3, 0.4) is 0 Å². The van der Waals surface area contributed by atoms with Crippen LogP contribution >= 0.6 is 0 Å². The lowest BCUT2D eigenvalue weighted by Crippen LogP contribution is -2.33. The molecule has 9 aromatic rings. The lowest BCUT2D eigenvalue weighted by Gasteiger charge is -2.37. The molecule has 0 saturated heterocycles. The Hall–Kier alpha value is -6.64. The van der Waals surface area contributed by atoms with Crippen molar-refractivity contribution in [1.82, 2.24) is 0 Å². The van der Waals surface area contributed by atoms with Gasteiger partial charge in [-0.15, -0.1) is 0 Å². The zero-order valence-electron chi connectivity index (χ0n) is 28.6. The summed E-state index contributed by atoms with van der Waals surface area (Å²) in [5.74, 6) is 0. The van der Waals surface area contributed by atoms with E-state index in [9.17, 15) is 0 Å². The number of rotatable bonds is 6. The van der Waals surface area contributed by atoms with Crippen molar-refractivity contribution < 1.29 is 4.42 Å². The van der Waals surface area contributed by atoms with Gasteiger partial charge in [0.15, 0.2) is 0 Å². The smallest absolute Gasteiger partial charge is 0.136 e. The van der Waals surface area contributed by atoms with E-state index >= 15 is 0 Å². The molecule has 52 heavy (non-hydrogen) atoms. The van der Waals surface area contributed by atoms with E-state index in [-0.39, 0.29) is 6.04 Å². The highest BCUT2D eigenvalue weighted by Crippen LogP contribution is 2.43. The van der Waals surface area contributed by atoms with Gasteiger partial charge >= 0.3 is 0 Å². The molecule has 0 saturated carbocycles. The lowest BCUT2D eigenvalue weighted by atomic mass is 9.85. The van der Waals surface area contributed by atoms with Crippen LogP contribution < -0.4 is 4.90 Å². The van der Waals surface area contributed by atoms with Crippen molar-refractivity contribution in [2.24, 2.45) is 0 Å². The van der Waals surface area contributed by atoms with Gasteiger partial charge in [-0.05, 0) is 104 Å². The molecule has 0 bridgehead atoms. The minimum Gasteiger partial charge on any atom is -0.456 e. The summed E-state index contributed by atoms with van der Waals surface area (Å²) in [6.07, 6.45) is 7.75. The van der Waals surface area contributed by atoms with E-state index in [1.807, 2.05) is 12.1 Å². The first-order valence-electron chi connectivity index (χ1n) is 18.0. The fourth-order valence-corrected chi connectivity index (χ4v) is 8.13. The molecular formula is C50H35NO. The SMILES string of the molecule is C1=CCC(N(c2ccc(-c3ccc4c(c3)oc3ccccc34)cc2)c2ccc3ccccc3c2)C(c2cccc3cccc(-c4ccccc4)c23)=C1. The minimum atomic E-state index is 0.0679. The van der Waals surface area contributed by atoms with Crippen LogP contribution in [0.4, 0.5) is 11.4 Å². The maximum absolute atomic E-state index is 6.25. The molecule has 1 unspecified atom stereocenters. The van der Waals surface area contributed by atoms with Gasteiger partial charge in [-0.3, -0.25) is 0 Å². The van der Waals surface area contributed by atoms with Crippen molar-refractivity contribution in [2.75, 3.05) is 4.90 Å². The lowest BCUT2D eigenvalue weighted by molar-refractivity contribution is 0.669. The summed E-state index contributed by atoms with van der Waals surface area (Å²) < 4.78 is 6.25. The first kappa shape index (κ1) is 30.2. The summed E-state index contributed by atoms with van der Waals surface area (Å²) in [6.45, 7) is 0. The molecule has 246 valence electrons. The largest absolute Gasteiger partial charge is 0.456 e. The molecule has 0 spiro atoms. The highest BCUT2D eigenvalue weighted by atomic mass is 16.3. The number of hydrogen-bond donors (Lipinski definition) is 0. The highest BCUT2D eigenvalue weighted by Gasteiger charge is 2.28. The quantitative estimate of drug-likeness (QED) is 0.176. The zero-order valence-corrected chi connectivity index (χ0v) is 28.6. The molecular weight excluding hydrogens is 631 g/mol. The predicted octanol–water partition coefficient (Wildman–Crippen LogP) is 13.8. The Bertz CT molecular complexity index is 2820. The van der Waals surface area contributed by atoms with Crippen LogP contribution in [-0.2, 0) is 0 Å². The van der Waals surface area contributed by atoms with Crippen LogP contribution in [0.15, 0.2) is 199 Å². The van der Waals surface area contributed by atoms with E-state index < -0.39 is 0 Å². The van der Waals surface area contributed by atoms with Crippen LogP contribution in [0.1, 0.15) is 12.0 Å². The molecule has 0 aliphatic heterocycles. The zero-order chi connectivity index (χ0) is 34.4. The van der Waals surface area contributed by atoms with Crippen molar-refractivity contribution in [3.63, 3.8) is 0 Å². The summed E-state index contributed by atoms with van der Waals surface area (Å²) in [5, 5.41) is 7.30. The Labute approximate surface area is 303 Å². The third kappa shape index (κ3) is 5.20. The molecule has 1 aliphatic carbocycles. The molecule has 10 rings (SSSR count). The average molecular weight is 666 g/mol. The van der Waals surface area contributed by atoms with Crippen molar-refractivity contribution in [3.05, 3.63) is 200 Å². The summed E-state index contributed by atoms with van der Waals surface area (Å²) in [5.41, 5.74) is 11.5. The van der Waals surface area contributed by atoms with E-state index in [0.717, 1.165) is 45.2 Å². The van der Waals surface area contributed by atoms with E-state index in [1.54, 1.807) is 0 Å². The molecule has 1 heterocycles. The van der Waals surface area contributed by atoms with Gasteiger partial charge in [-0.1, -0.05) is 152 Å². The number of para-hydroxylation sites is 1. The maximum Gasteiger partial charge on any atom is 0.136 e. The molecule has 2 heteroatoms. The van der Waals surface area contributed by atoms with Crippen LogP contribution in [0.25, 0.3) is 71.3 Å². The number of benzene rings is 8. The Morgan fingerprint density at radius 1 is 0.462 bits per heavy atom. The van der Waals surface area contributed by atoms with Crippen LogP contribution in [0.2, 0.25) is 0 Å². The summed E-state index contributed by atoms with van der Waals surface area (Å²) in [4.78, 5) is 2.54. The van der Waals surface area contributed by atoms with Gasteiger partial charge in [0, 0.05) is 22.1 Å². The number of fused-ring (bicyclic) bond motifs is 5. The van der Waals surface area contributed by atoms with Crippen molar-refractivity contribution >= 4 is 60.4 Å². The Kier molecular flexibility index (Phi) is 7.32. The second-order valence-corrected chi connectivity index (χ2v) is 13.6. The maximum atomic E-state index is 6.25. The molecule has 0 amide bonds. The first-order valence-corrected chi connectivity index (χ1v) is 18.0. The third-order valence-corrected chi connectivity index (χ3v) is 10.6. The van der Waals surface area contributed by atoms with Gasteiger partial charge in [0.25, 0.3) is 0 Å². The summed E-state index contributed by atoms with van der Waals surface area (Å²) in [7, 11) is 0. The van der Waals surface area contributed by atoms with Gasteiger partial charge in [0.05, 0.1) is 6.04 Å². The number of furan rings is 1. The van der Waals surface area contributed by atoms with Gasteiger partial charge < -0.3 is 9.32 Å². The number of allylic oxidation sites excluding steroid dienone is 2. The average Bonchev–Trinajstić information content (AvgIpc) is 3.59. The summed E-state index contributed by atoms with van der Waals surface area (Å²) in [6, 6.07) is 63.6. The molecule has 2 nitrogen and oxygen atoms in total. The van der Waals surface area contributed by atoms with Crippen LogP contribution in [0.5, 0.6) is 0 Å². The van der Waals surface area contributed by atoms with Crippen LogP contribution in [-0.4, -0.2) is 6.04 Å².